The van der Waals surface area contributed by atoms with Gasteiger partial charge in [-0.1, -0.05) is 6.07 Å². The Hall–Kier alpha value is -1.43. The van der Waals surface area contributed by atoms with Gasteiger partial charge in [0.1, 0.15) is 11.5 Å². The number of alkyl halides is 3. The third kappa shape index (κ3) is 3.30. The number of nitrogens with two attached hydrogens (primary N) is 1. The fraction of sp³-hybridized carbons (Fsp3) is 0.400. The van der Waals surface area contributed by atoms with Gasteiger partial charge in [-0.2, -0.15) is 0 Å². The zero-order valence-corrected chi connectivity index (χ0v) is 8.84. The molecule has 0 aliphatic carbocycles. The Morgan fingerprint density at radius 3 is 2.38 bits per heavy atom. The third-order valence-corrected chi connectivity index (χ3v) is 1.94. The smallest absolute Gasteiger partial charge is 0.497 e. The minimum atomic E-state index is -4.74. The summed E-state index contributed by atoms with van der Waals surface area (Å²) >= 11 is 0. The van der Waals surface area contributed by atoms with Crippen molar-refractivity contribution in [3.8, 4) is 11.5 Å². The fourth-order valence-electron chi connectivity index (χ4n) is 1.23. The molecule has 0 saturated carbocycles. The summed E-state index contributed by atoms with van der Waals surface area (Å²) in [4.78, 5) is 0. The molecule has 0 radical (unpaired) electrons. The molecule has 0 spiro atoms. The first-order valence-corrected chi connectivity index (χ1v) is 4.52. The van der Waals surface area contributed by atoms with Crippen molar-refractivity contribution >= 4 is 0 Å². The molecule has 0 aliphatic heterocycles. The second-order valence-electron chi connectivity index (χ2n) is 3.24. The lowest BCUT2D eigenvalue weighted by molar-refractivity contribution is -0.275. The normalized spacial score (nSPS) is 13.4. The van der Waals surface area contributed by atoms with Crippen LogP contribution < -0.4 is 15.2 Å². The monoisotopic (exact) mass is 235 g/mol. The molecule has 0 bridgehead atoms. The van der Waals surface area contributed by atoms with Crippen molar-refractivity contribution in [2.45, 2.75) is 19.3 Å². The van der Waals surface area contributed by atoms with Crippen LogP contribution in [0, 0.1) is 0 Å². The summed E-state index contributed by atoms with van der Waals surface area (Å²) in [5.74, 6) is -0.0505. The van der Waals surface area contributed by atoms with Crippen molar-refractivity contribution in [2.24, 2.45) is 5.73 Å². The number of hydrogen-bond acceptors (Lipinski definition) is 3. The van der Waals surface area contributed by atoms with E-state index in [4.69, 9.17) is 10.5 Å². The SMILES string of the molecule is COc1ccc(C(C)N)c(OC(F)(F)F)c1. The first kappa shape index (κ1) is 12.6. The molecule has 1 unspecified atom stereocenters. The summed E-state index contributed by atoms with van der Waals surface area (Å²) < 4.78 is 45.0. The number of benzene rings is 1. The highest BCUT2D eigenvalue weighted by Crippen LogP contribution is 2.32. The maximum absolute atomic E-state index is 12.1. The number of rotatable bonds is 3. The van der Waals surface area contributed by atoms with Crippen LogP contribution in [0.3, 0.4) is 0 Å². The topological polar surface area (TPSA) is 44.5 Å². The van der Waals surface area contributed by atoms with Gasteiger partial charge in [0.25, 0.3) is 0 Å². The van der Waals surface area contributed by atoms with Gasteiger partial charge in [-0.25, -0.2) is 0 Å². The molecule has 0 heterocycles. The summed E-state index contributed by atoms with van der Waals surface area (Å²) in [6, 6.07) is 3.59. The molecule has 3 nitrogen and oxygen atoms in total. The fourth-order valence-corrected chi connectivity index (χ4v) is 1.23. The Bertz CT molecular complexity index is 364. The molecule has 1 aromatic carbocycles. The summed E-state index contributed by atoms with van der Waals surface area (Å²) in [6.07, 6.45) is -4.74. The predicted octanol–water partition coefficient (Wildman–Crippen LogP) is 2.61. The van der Waals surface area contributed by atoms with E-state index in [1.54, 1.807) is 6.92 Å². The summed E-state index contributed by atoms with van der Waals surface area (Å²) in [7, 11) is 1.36. The maximum atomic E-state index is 12.1. The molecule has 2 N–H and O–H groups in total. The summed E-state index contributed by atoms with van der Waals surface area (Å²) in [6.45, 7) is 1.57. The first-order valence-electron chi connectivity index (χ1n) is 4.52. The molecule has 0 aromatic heterocycles. The second kappa shape index (κ2) is 4.61. The molecule has 1 aromatic rings. The molecule has 16 heavy (non-hydrogen) atoms. The van der Waals surface area contributed by atoms with Crippen LogP contribution in [-0.2, 0) is 0 Å². The van der Waals surface area contributed by atoms with Crippen LogP contribution in [0.5, 0.6) is 11.5 Å². The highest BCUT2D eigenvalue weighted by atomic mass is 19.4. The lowest BCUT2D eigenvalue weighted by Crippen LogP contribution is -2.19. The summed E-state index contributed by atoms with van der Waals surface area (Å²) in [5.41, 5.74) is 5.81. The van der Waals surface area contributed by atoms with Crippen molar-refractivity contribution in [1.82, 2.24) is 0 Å². The van der Waals surface area contributed by atoms with E-state index in [9.17, 15) is 13.2 Å². The molecule has 90 valence electrons. The largest absolute Gasteiger partial charge is 0.573 e. The second-order valence-corrected chi connectivity index (χ2v) is 3.24. The van der Waals surface area contributed by atoms with E-state index in [0.29, 0.717) is 0 Å². The molecule has 0 fully saturated rings. The predicted molar refractivity (Wildman–Crippen MR) is 52.3 cm³/mol. The zero-order chi connectivity index (χ0) is 12.3. The van der Waals surface area contributed by atoms with Crippen LogP contribution in [0.1, 0.15) is 18.5 Å². The van der Waals surface area contributed by atoms with Gasteiger partial charge in [0.15, 0.2) is 0 Å². The lowest BCUT2D eigenvalue weighted by atomic mass is 10.1. The van der Waals surface area contributed by atoms with E-state index < -0.39 is 12.4 Å². The van der Waals surface area contributed by atoms with Gasteiger partial charge in [0, 0.05) is 17.7 Å². The standard InChI is InChI=1S/C10H12F3NO2/c1-6(14)8-4-3-7(15-2)5-9(8)16-10(11,12)13/h3-6H,14H2,1-2H3. The Kier molecular flexibility index (Phi) is 3.64. The average molecular weight is 235 g/mol. The molecular formula is C10H12F3NO2. The highest BCUT2D eigenvalue weighted by Gasteiger charge is 2.32. The Balaban J connectivity index is 3.10. The quantitative estimate of drug-likeness (QED) is 0.875. The highest BCUT2D eigenvalue weighted by molar-refractivity contribution is 5.42. The number of ether oxygens (including phenoxy) is 2. The van der Waals surface area contributed by atoms with E-state index in [1.165, 1.54) is 19.2 Å². The third-order valence-electron chi connectivity index (χ3n) is 1.94. The van der Waals surface area contributed by atoms with E-state index >= 15 is 0 Å². The van der Waals surface area contributed by atoms with Crippen molar-refractivity contribution in [3.63, 3.8) is 0 Å². The van der Waals surface area contributed by atoms with Crippen molar-refractivity contribution in [1.29, 1.82) is 0 Å². The molecule has 1 atom stereocenters. The van der Waals surface area contributed by atoms with Gasteiger partial charge in [0.05, 0.1) is 7.11 Å². The minimum Gasteiger partial charge on any atom is -0.497 e. The average Bonchev–Trinajstić information content (AvgIpc) is 2.14. The molecular weight excluding hydrogens is 223 g/mol. The molecule has 1 rings (SSSR count). The van der Waals surface area contributed by atoms with Crippen LogP contribution in [0.2, 0.25) is 0 Å². The first-order chi connectivity index (χ1) is 7.33. The molecule has 0 saturated heterocycles. The van der Waals surface area contributed by atoms with Crippen molar-refractivity contribution in [2.75, 3.05) is 7.11 Å². The van der Waals surface area contributed by atoms with Gasteiger partial charge < -0.3 is 15.2 Å². The Labute approximate surface area is 91.0 Å². The van der Waals surface area contributed by atoms with Gasteiger partial charge >= 0.3 is 6.36 Å². The van der Waals surface area contributed by atoms with Gasteiger partial charge in [0.2, 0.25) is 0 Å². The Morgan fingerprint density at radius 1 is 1.31 bits per heavy atom. The zero-order valence-electron chi connectivity index (χ0n) is 8.84. The van der Waals surface area contributed by atoms with Crippen molar-refractivity contribution in [3.05, 3.63) is 23.8 Å². The van der Waals surface area contributed by atoms with Crippen LogP contribution in [-0.4, -0.2) is 13.5 Å². The van der Waals surface area contributed by atoms with Crippen LogP contribution >= 0.6 is 0 Å². The number of halogens is 3. The summed E-state index contributed by atoms with van der Waals surface area (Å²) in [5, 5.41) is 0. The maximum Gasteiger partial charge on any atom is 0.573 e. The molecule has 6 heteroatoms. The van der Waals surface area contributed by atoms with Crippen molar-refractivity contribution < 1.29 is 22.6 Å². The van der Waals surface area contributed by atoms with E-state index in [2.05, 4.69) is 4.74 Å². The number of methoxy groups -OCH3 is 1. The lowest BCUT2D eigenvalue weighted by Gasteiger charge is -2.16. The minimum absolute atomic E-state index is 0.276. The van der Waals surface area contributed by atoms with Gasteiger partial charge in [-0.05, 0) is 13.0 Å². The number of hydrogen-bond donors (Lipinski definition) is 1. The Morgan fingerprint density at radius 2 is 1.94 bits per heavy atom. The van der Waals surface area contributed by atoms with Gasteiger partial charge in [-0.3, -0.25) is 0 Å². The van der Waals surface area contributed by atoms with Crippen LogP contribution in [0.25, 0.3) is 0 Å². The van der Waals surface area contributed by atoms with E-state index in [-0.39, 0.29) is 17.1 Å². The molecule has 0 amide bonds. The van der Waals surface area contributed by atoms with Gasteiger partial charge in [-0.15, -0.1) is 13.2 Å². The van der Waals surface area contributed by atoms with E-state index in [1.807, 2.05) is 0 Å². The van der Waals surface area contributed by atoms with Crippen LogP contribution in [0.4, 0.5) is 13.2 Å². The van der Waals surface area contributed by atoms with E-state index in [0.717, 1.165) is 6.07 Å². The van der Waals surface area contributed by atoms with Crippen LogP contribution in [0.15, 0.2) is 18.2 Å². The molecule has 0 aliphatic rings.